The van der Waals surface area contributed by atoms with Gasteiger partial charge >= 0.3 is 7.82 Å². The van der Waals surface area contributed by atoms with Gasteiger partial charge < -0.3 is 30.6 Å². The number of nitrogen functional groups attached to an aromatic ring is 1. The third-order valence-electron chi connectivity index (χ3n) is 9.54. The van der Waals surface area contributed by atoms with Crippen LogP contribution in [0.5, 0.6) is 5.75 Å². The van der Waals surface area contributed by atoms with E-state index in [1.54, 1.807) is 16.6 Å². The Morgan fingerprint density at radius 2 is 1.62 bits per heavy atom. The molecule has 1 saturated heterocycles. The summed E-state index contributed by atoms with van der Waals surface area (Å²) in [7, 11) is -4.56. The maximum absolute atomic E-state index is 12.9. The first-order valence-electron chi connectivity index (χ1n) is 19.5. The van der Waals surface area contributed by atoms with Crippen molar-refractivity contribution in [3.8, 4) is 11.8 Å². The molecule has 1 aliphatic rings. The number of nitrogens with two attached hydrogens (primary N) is 2. The Kier molecular flexibility index (Phi) is 18.4. The maximum atomic E-state index is 12.9. The SMILES string of the molecule is CCCCCCCCCCCCCCCCCCOC[C@H](COP(=O)(O)OC[C@]1(N)CC[C@H](c2ccc3c(N)ncnn23)O1)Oc1ccc(C#N)nc1. The van der Waals surface area contributed by atoms with E-state index in [0.717, 1.165) is 18.5 Å². The number of fused-ring (bicyclic) bond motifs is 1. The molecule has 4 heterocycles. The molecule has 4 rings (SSSR count). The summed E-state index contributed by atoms with van der Waals surface area (Å²) in [6.07, 6.45) is 23.2. The lowest BCUT2D eigenvalue weighted by molar-refractivity contribution is -0.0731. The third-order valence-corrected chi connectivity index (χ3v) is 10.5. The van der Waals surface area contributed by atoms with Crippen LogP contribution in [0.15, 0.2) is 36.8 Å². The second-order valence-corrected chi connectivity index (χ2v) is 15.5. The zero-order valence-electron chi connectivity index (χ0n) is 31.4. The van der Waals surface area contributed by atoms with Gasteiger partial charge in [-0.15, -0.1) is 0 Å². The number of anilines is 1. The van der Waals surface area contributed by atoms with E-state index < -0.39 is 25.8 Å². The highest BCUT2D eigenvalue weighted by molar-refractivity contribution is 7.47. The first-order valence-corrected chi connectivity index (χ1v) is 21.0. The van der Waals surface area contributed by atoms with Crippen LogP contribution in [0.3, 0.4) is 0 Å². The number of hydrogen-bond donors (Lipinski definition) is 3. The second kappa shape index (κ2) is 22.9. The van der Waals surface area contributed by atoms with Crippen LogP contribution in [0.2, 0.25) is 0 Å². The summed E-state index contributed by atoms with van der Waals surface area (Å²) >= 11 is 0. The molecule has 15 heteroatoms. The number of aromatic nitrogens is 4. The van der Waals surface area contributed by atoms with Crippen molar-refractivity contribution in [1.29, 1.82) is 5.26 Å². The van der Waals surface area contributed by atoms with Gasteiger partial charge in [0, 0.05) is 6.61 Å². The number of phosphoric acid groups is 1. The molecule has 5 N–H and O–H groups in total. The van der Waals surface area contributed by atoms with Gasteiger partial charge in [-0.05, 0) is 43.5 Å². The fourth-order valence-corrected chi connectivity index (χ4v) is 7.32. The fraction of sp³-hybridized carbons (Fsp3) is 0.684. The van der Waals surface area contributed by atoms with Crippen LogP contribution in [0.4, 0.5) is 5.82 Å². The highest BCUT2D eigenvalue weighted by Crippen LogP contribution is 2.46. The monoisotopic (exact) mass is 757 g/mol. The molecule has 0 aromatic carbocycles. The topological polar surface area (TPSA) is 202 Å². The van der Waals surface area contributed by atoms with E-state index in [9.17, 15) is 9.46 Å². The highest BCUT2D eigenvalue weighted by Gasteiger charge is 2.41. The Bertz CT molecular complexity index is 1570. The van der Waals surface area contributed by atoms with E-state index in [-0.39, 0.29) is 25.5 Å². The summed E-state index contributed by atoms with van der Waals surface area (Å²) in [5.74, 6) is 0.710. The number of pyridine rings is 1. The summed E-state index contributed by atoms with van der Waals surface area (Å²) in [6, 6.07) is 8.73. The molecule has 3 aromatic rings. The number of hydrogen-bond acceptors (Lipinski definition) is 12. The largest absolute Gasteiger partial charge is 0.484 e. The zero-order valence-corrected chi connectivity index (χ0v) is 32.3. The van der Waals surface area contributed by atoms with Crippen molar-refractivity contribution in [3.63, 3.8) is 0 Å². The number of ether oxygens (including phenoxy) is 3. The van der Waals surface area contributed by atoms with Crippen molar-refractivity contribution in [1.82, 2.24) is 19.6 Å². The lowest BCUT2D eigenvalue weighted by Crippen LogP contribution is -2.43. The second-order valence-electron chi connectivity index (χ2n) is 14.1. The van der Waals surface area contributed by atoms with E-state index in [1.165, 1.54) is 108 Å². The molecule has 0 bridgehead atoms. The predicted molar refractivity (Wildman–Crippen MR) is 203 cm³/mol. The van der Waals surface area contributed by atoms with Gasteiger partial charge in [0.05, 0.1) is 25.1 Å². The quantitative estimate of drug-likeness (QED) is 0.0476. The molecule has 0 radical (unpaired) electrons. The highest BCUT2D eigenvalue weighted by atomic mass is 31.2. The molecule has 14 nitrogen and oxygen atoms in total. The van der Waals surface area contributed by atoms with Crippen LogP contribution < -0.4 is 16.2 Å². The Balaban J connectivity index is 1.12. The molecule has 1 aliphatic heterocycles. The number of rotatable bonds is 28. The van der Waals surface area contributed by atoms with Gasteiger partial charge in [0.1, 0.15) is 53.9 Å². The standard InChI is InChI=1S/C38H60N7O7P/c1-2-3-4-5-6-7-8-9-10-11-12-13-14-15-16-17-24-48-27-33(51-32-19-18-31(25-39)42-26-32)28-49-53(46,47)50-29-38(41)23-22-36(52-38)34-20-21-35-37(40)43-30-44-45(34)35/h18-21,26,30,33,36H,2-17,22-24,27-29,41H2,1H3,(H,46,47)(H2,40,43,44)/t33-,36-,38+/m1/s1. The smallest absolute Gasteiger partial charge is 0.472 e. The molecule has 0 spiro atoms. The van der Waals surface area contributed by atoms with Crippen LogP contribution in [-0.4, -0.2) is 62.7 Å². The molecule has 1 fully saturated rings. The average Bonchev–Trinajstić information content (AvgIpc) is 3.77. The molecule has 294 valence electrons. The number of nitriles is 1. The van der Waals surface area contributed by atoms with Crippen LogP contribution in [0, 0.1) is 11.3 Å². The van der Waals surface area contributed by atoms with Gasteiger partial charge in [0.25, 0.3) is 0 Å². The van der Waals surface area contributed by atoms with Crippen LogP contribution in [0.25, 0.3) is 5.52 Å². The van der Waals surface area contributed by atoms with Crippen molar-refractivity contribution in [2.75, 3.05) is 32.2 Å². The Hall–Kier alpha value is -3.15. The minimum Gasteiger partial charge on any atom is -0.484 e. The first-order chi connectivity index (χ1) is 25.7. The first kappa shape index (κ1) is 42.6. The van der Waals surface area contributed by atoms with Crippen molar-refractivity contribution < 1.29 is 32.7 Å². The Morgan fingerprint density at radius 1 is 0.962 bits per heavy atom. The van der Waals surface area contributed by atoms with Crippen molar-refractivity contribution >= 4 is 19.2 Å². The van der Waals surface area contributed by atoms with Gasteiger partial charge in [-0.3, -0.25) is 9.05 Å². The average molecular weight is 758 g/mol. The molecule has 0 amide bonds. The molecule has 4 atom stereocenters. The van der Waals surface area contributed by atoms with Crippen molar-refractivity contribution in [3.05, 3.63) is 48.2 Å². The molecule has 0 aliphatic carbocycles. The predicted octanol–water partition coefficient (Wildman–Crippen LogP) is 7.94. The van der Waals surface area contributed by atoms with Crippen LogP contribution in [0.1, 0.15) is 140 Å². The Morgan fingerprint density at radius 3 is 2.25 bits per heavy atom. The zero-order chi connectivity index (χ0) is 37.8. The lowest BCUT2D eigenvalue weighted by Gasteiger charge is -2.26. The van der Waals surface area contributed by atoms with E-state index in [2.05, 4.69) is 22.0 Å². The van der Waals surface area contributed by atoms with Gasteiger partial charge in [0.2, 0.25) is 0 Å². The normalized spacial score (nSPS) is 18.9. The molecule has 53 heavy (non-hydrogen) atoms. The van der Waals surface area contributed by atoms with Gasteiger partial charge in [-0.1, -0.05) is 103 Å². The van der Waals surface area contributed by atoms with Crippen molar-refractivity contribution in [2.45, 2.75) is 140 Å². The summed E-state index contributed by atoms with van der Waals surface area (Å²) in [6.45, 7) is 2.23. The molecule has 0 saturated carbocycles. The lowest BCUT2D eigenvalue weighted by atomic mass is 10.0. The summed E-state index contributed by atoms with van der Waals surface area (Å²) in [4.78, 5) is 18.6. The van der Waals surface area contributed by atoms with E-state index in [0.29, 0.717) is 36.5 Å². The van der Waals surface area contributed by atoms with Crippen LogP contribution >= 0.6 is 7.82 Å². The minimum absolute atomic E-state index is 0.115. The molecular weight excluding hydrogens is 697 g/mol. The number of nitrogens with zero attached hydrogens (tertiary/aromatic N) is 5. The third kappa shape index (κ3) is 15.3. The molecule has 3 aromatic heterocycles. The summed E-state index contributed by atoms with van der Waals surface area (Å²) < 4.78 is 43.1. The van der Waals surface area contributed by atoms with Crippen LogP contribution in [-0.2, 0) is 23.1 Å². The summed E-state index contributed by atoms with van der Waals surface area (Å²) in [5, 5.41) is 13.3. The van der Waals surface area contributed by atoms with E-state index >= 15 is 0 Å². The molecular formula is C38H60N7O7P. The molecule has 1 unspecified atom stereocenters. The Labute approximate surface area is 314 Å². The summed E-state index contributed by atoms with van der Waals surface area (Å²) in [5.41, 5.74) is 12.7. The fourth-order valence-electron chi connectivity index (χ4n) is 6.51. The van der Waals surface area contributed by atoms with Gasteiger partial charge in [0.15, 0.2) is 5.82 Å². The number of unbranched alkanes of at least 4 members (excludes halogenated alkanes) is 15. The van der Waals surface area contributed by atoms with E-state index in [4.69, 9.17) is 40.0 Å². The maximum Gasteiger partial charge on any atom is 0.472 e. The van der Waals surface area contributed by atoms with Gasteiger partial charge in [-0.25, -0.2) is 19.0 Å². The minimum atomic E-state index is -4.56. The van der Waals surface area contributed by atoms with Gasteiger partial charge in [-0.2, -0.15) is 10.4 Å². The van der Waals surface area contributed by atoms with E-state index in [1.807, 2.05) is 12.1 Å². The van der Waals surface area contributed by atoms with Crippen molar-refractivity contribution in [2.24, 2.45) is 5.73 Å². The number of phosphoric ester groups is 1.